The van der Waals surface area contributed by atoms with Crippen molar-refractivity contribution in [2.24, 2.45) is 5.92 Å². The van der Waals surface area contributed by atoms with Crippen LogP contribution in [0, 0.1) is 11.7 Å². The molecule has 2 aliphatic heterocycles. The van der Waals surface area contributed by atoms with Crippen LogP contribution < -0.4 is 4.90 Å². The van der Waals surface area contributed by atoms with Crippen molar-refractivity contribution >= 4 is 11.6 Å². The fourth-order valence-electron chi connectivity index (χ4n) is 6.51. The lowest BCUT2D eigenvalue weighted by Gasteiger charge is -2.49. The lowest BCUT2D eigenvalue weighted by atomic mass is 9.76. The third kappa shape index (κ3) is 6.27. The maximum Gasteiger partial charge on any atom is 0.235 e. The van der Waals surface area contributed by atoms with E-state index < -0.39 is 67.1 Å². The molecule has 246 valence electrons. The van der Waals surface area contributed by atoms with Crippen LogP contribution in [0.15, 0.2) is 97.1 Å². The largest absolute Gasteiger partial charge is 0.508 e. The molecule has 0 radical (unpaired) electrons. The Morgan fingerprint density at radius 2 is 1.47 bits per heavy atom. The van der Waals surface area contributed by atoms with E-state index in [9.17, 15) is 44.9 Å². The van der Waals surface area contributed by atoms with E-state index in [-0.39, 0.29) is 18.1 Å². The molecule has 4 aromatic rings. The average molecular weight is 646 g/mol. The summed E-state index contributed by atoms with van der Waals surface area (Å²) in [4.78, 5) is 15.0. The highest BCUT2D eigenvalue weighted by Crippen LogP contribution is 2.49. The van der Waals surface area contributed by atoms with Crippen LogP contribution in [0.5, 0.6) is 5.75 Å². The van der Waals surface area contributed by atoms with E-state index in [1.165, 1.54) is 29.2 Å². The van der Waals surface area contributed by atoms with Gasteiger partial charge in [-0.05, 0) is 52.6 Å². The van der Waals surface area contributed by atoms with Gasteiger partial charge < -0.3 is 45.4 Å². The Hall–Kier alpha value is -4.20. The Bertz CT molecular complexity index is 1690. The summed E-state index contributed by atoms with van der Waals surface area (Å²) in [5, 5.41) is 73.5. The van der Waals surface area contributed by atoms with Gasteiger partial charge >= 0.3 is 0 Å². The van der Waals surface area contributed by atoms with Gasteiger partial charge in [-0.3, -0.25) is 4.79 Å². The second-order valence-corrected chi connectivity index (χ2v) is 12.0. The lowest BCUT2D eigenvalue weighted by Crippen LogP contribution is -2.59. The molecule has 2 fully saturated rings. The van der Waals surface area contributed by atoms with E-state index in [0.717, 1.165) is 0 Å². The van der Waals surface area contributed by atoms with Crippen molar-refractivity contribution in [1.29, 1.82) is 0 Å². The first-order valence-corrected chi connectivity index (χ1v) is 15.3. The first-order valence-electron chi connectivity index (χ1n) is 15.3. The van der Waals surface area contributed by atoms with Gasteiger partial charge in [-0.15, -0.1) is 0 Å². The van der Waals surface area contributed by atoms with E-state index >= 15 is 0 Å². The Morgan fingerprint density at radius 3 is 2.11 bits per heavy atom. The van der Waals surface area contributed by atoms with Crippen molar-refractivity contribution in [3.8, 4) is 16.9 Å². The molecule has 1 amide bonds. The smallest absolute Gasteiger partial charge is 0.235 e. The standard InChI is InChI=1S/C36H36FNO9/c37-23-13-10-20(11-14-23)26(40)17-28(42)30-31(38(36(30)46)24-4-2-1-3-5-24)25-15-12-22(16-27(25)41)19-6-8-21(9-7-19)35-34(45)33(44)32(43)29(18-39)47-35/h1-16,26,28-35,39-45H,17-18H2. The monoisotopic (exact) mass is 645 g/mol. The first kappa shape index (κ1) is 32.7. The molecule has 2 heterocycles. The van der Waals surface area contributed by atoms with Crippen molar-refractivity contribution in [3.05, 3.63) is 120 Å². The molecule has 2 aliphatic rings. The van der Waals surface area contributed by atoms with Crippen LogP contribution in [-0.4, -0.2) is 78.8 Å². The molecule has 0 saturated carbocycles. The van der Waals surface area contributed by atoms with E-state index in [2.05, 4.69) is 0 Å². The first-order chi connectivity index (χ1) is 22.6. The third-order valence-electron chi connectivity index (χ3n) is 9.12. The quantitative estimate of drug-likeness (QED) is 0.135. The molecule has 9 unspecified atom stereocenters. The van der Waals surface area contributed by atoms with Crippen molar-refractivity contribution in [1.82, 2.24) is 0 Å². The topological polar surface area (TPSA) is 171 Å². The highest BCUT2D eigenvalue weighted by Gasteiger charge is 2.53. The minimum atomic E-state index is -1.50. The normalized spacial score (nSPS) is 27.3. The minimum Gasteiger partial charge on any atom is -0.508 e. The molecular weight excluding hydrogens is 609 g/mol. The number of ether oxygens (including phenoxy) is 1. The Balaban J connectivity index is 1.25. The molecule has 2 saturated heterocycles. The zero-order valence-electron chi connectivity index (χ0n) is 25.1. The molecule has 7 N–H and O–H groups in total. The van der Waals surface area contributed by atoms with Crippen molar-refractivity contribution in [2.75, 3.05) is 11.5 Å². The highest BCUT2D eigenvalue weighted by atomic mass is 19.1. The number of amides is 1. The summed E-state index contributed by atoms with van der Waals surface area (Å²) in [5.41, 5.74) is 3.22. The molecule has 4 aromatic carbocycles. The van der Waals surface area contributed by atoms with Gasteiger partial charge in [0, 0.05) is 17.7 Å². The summed E-state index contributed by atoms with van der Waals surface area (Å²) in [5.74, 6) is -1.92. The summed E-state index contributed by atoms with van der Waals surface area (Å²) >= 11 is 0. The Morgan fingerprint density at radius 1 is 0.809 bits per heavy atom. The van der Waals surface area contributed by atoms with Crippen LogP contribution in [0.2, 0.25) is 0 Å². The van der Waals surface area contributed by atoms with Crippen LogP contribution >= 0.6 is 0 Å². The van der Waals surface area contributed by atoms with Gasteiger partial charge in [-0.25, -0.2) is 4.39 Å². The number of aliphatic hydroxyl groups is 6. The number of phenols is 1. The maximum absolute atomic E-state index is 13.5. The van der Waals surface area contributed by atoms with Gasteiger partial charge in [0.15, 0.2) is 0 Å². The number of carbonyl (C=O) groups is 1. The Kier molecular flexibility index (Phi) is 9.40. The number of nitrogens with zero attached hydrogens (tertiary/aromatic N) is 1. The molecule has 0 aliphatic carbocycles. The van der Waals surface area contributed by atoms with Crippen molar-refractivity contribution in [3.63, 3.8) is 0 Å². The predicted octanol–water partition coefficient (Wildman–Crippen LogP) is 2.90. The van der Waals surface area contributed by atoms with Crippen molar-refractivity contribution < 1.29 is 49.7 Å². The Labute approximate surface area is 270 Å². The number of phenolic OH excluding ortho intramolecular Hbond substituents is 1. The molecule has 0 spiro atoms. The van der Waals surface area contributed by atoms with Crippen LogP contribution in [0.1, 0.15) is 41.4 Å². The predicted molar refractivity (Wildman–Crippen MR) is 168 cm³/mol. The zero-order valence-corrected chi connectivity index (χ0v) is 25.1. The number of hydrogen-bond donors (Lipinski definition) is 7. The van der Waals surface area contributed by atoms with Crippen molar-refractivity contribution in [2.45, 2.75) is 55.2 Å². The molecular formula is C36H36FNO9. The lowest BCUT2D eigenvalue weighted by molar-refractivity contribution is -0.231. The molecule has 0 bridgehead atoms. The maximum atomic E-state index is 13.5. The number of aromatic hydroxyl groups is 1. The highest BCUT2D eigenvalue weighted by molar-refractivity contribution is 6.04. The summed E-state index contributed by atoms with van der Waals surface area (Å²) < 4.78 is 19.0. The van der Waals surface area contributed by atoms with Gasteiger partial charge in [0.2, 0.25) is 5.91 Å². The number of carbonyl (C=O) groups excluding carboxylic acids is 1. The molecule has 9 atom stereocenters. The molecule has 47 heavy (non-hydrogen) atoms. The number of halogens is 1. The van der Waals surface area contributed by atoms with Gasteiger partial charge in [-0.2, -0.15) is 0 Å². The number of hydrogen-bond acceptors (Lipinski definition) is 9. The third-order valence-corrected chi connectivity index (χ3v) is 9.12. The van der Waals surface area contributed by atoms with E-state index in [1.54, 1.807) is 66.7 Å². The molecule has 10 nitrogen and oxygen atoms in total. The van der Waals surface area contributed by atoms with E-state index in [1.807, 2.05) is 6.07 Å². The minimum absolute atomic E-state index is 0.116. The van der Waals surface area contributed by atoms with Crippen LogP contribution in [0.4, 0.5) is 10.1 Å². The van der Waals surface area contributed by atoms with Gasteiger partial charge in [0.1, 0.15) is 42.1 Å². The zero-order chi connectivity index (χ0) is 33.4. The number of aliphatic hydroxyl groups excluding tert-OH is 6. The van der Waals surface area contributed by atoms with Gasteiger partial charge in [-0.1, -0.05) is 66.7 Å². The van der Waals surface area contributed by atoms with Crippen LogP contribution in [0.3, 0.4) is 0 Å². The fraction of sp³-hybridized carbons (Fsp3) is 0.306. The number of rotatable bonds is 9. The number of anilines is 1. The van der Waals surface area contributed by atoms with E-state index in [0.29, 0.717) is 33.5 Å². The summed E-state index contributed by atoms with van der Waals surface area (Å²) in [6.45, 7) is -0.536. The van der Waals surface area contributed by atoms with Gasteiger partial charge in [0.05, 0.1) is 30.8 Å². The number of benzene rings is 4. The number of β-lactam (4-membered cyclic amide) rings is 1. The van der Waals surface area contributed by atoms with E-state index in [4.69, 9.17) is 4.74 Å². The molecule has 0 aromatic heterocycles. The number of para-hydroxylation sites is 1. The summed E-state index contributed by atoms with van der Waals surface area (Å²) in [7, 11) is 0. The van der Waals surface area contributed by atoms with Crippen LogP contribution in [0.25, 0.3) is 11.1 Å². The molecule has 6 rings (SSSR count). The summed E-state index contributed by atoms with van der Waals surface area (Å²) in [6, 6.07) is 25.2. The van der Waals surface area contributed by atoms with Gasteiger partial charge in [0.25, 0.3) is 0 Å². The fourth-order valence-corrected chi connectivity index (χ4v) is 6.51. The molecule has 11 heteroatoms. The summed E-state index contributed by atoms with van der Waals surface area (Å²) in [6.07, 6.45) is -9.01. The SMILES string of the molecule is O=C1C(C(O)CC(O)c2ccc(F)cc2)C(c2ccc(-c3ccc(C4OC(CO)C(O)C(O)C4O)cc3)cc2O)N1c1ccccc1. The second kappa shape index (κ2) is 13.5. The van der Waals surface area contributed by atoms with Crippen LogP contribution in [-0.2, 0) is 9.53 Å². The second-order valence-electron chi connectivity index (χ2n) is 12.0. The average Bonchev–Trinajstić information content (AvgIpc) is 3.07.